The lowest BCUT2D eigenvalue weighted by Gasteiger charge is -2.55. The summed E-state index contributed by atoms with van der Waals surface area (Å²) in [5, 5.41) is 0. The van der Waals surface area contributed by atoms with E-state index in [9.17, 15) is 22.4 Å². The van der Waals surface area contributed by atoms with Crippen LogP contribution in [0.1, 0.15) is 28.8 Å². The van der Waals surface area contributed by atoms with Crippen molar-refractivity contribution in [3.8, 4) is 17.3 Å². The van der Waals surface area contributed by atoms with Crippen molar-refractivity contribution in [1.29, 1.82) is 0 Å². The van der Waals surface area contributed by atoms with E-state index in [0.717, 1.165) is 18.6 Å². The number of piperidine rings is 1. The van der Waals surface area contributed by atoms with Gasteiger partial charge in [-0.15, -0.1) is 0 Å². The highest BCUT2D eigenvalue weighted by Crippen LogP contribution is 2.74. The summed E-state index contributed by atoms with van der Waals surface area (Å²) in [6.07, 6.45) is 0.411. The topological polar surface area (TPSA) is 68.2 Å². The normalized spacial score (nSPS) is 28.6. The SMILES string of the molecule is [B]C1(Oc2ccc(C(F)(F)F)cn2)CC23CC2CN(C(=O)c2cccc(F)c2-c2ncccn2)C13. The Hall–Kier alpha value is -3.50. The first-order chi connectivity index (χ1) is 16.6. The quantitative estimate of drug-likeness (QED) is 0.419. The van der Waals surface area contributed by atoms with Crippen LogP contribution in [0.2, 0.25) is 0 Å². The summed E-state index contributed by atoms with van der Waals surface area (Å²) in [5.41, 5.74) is -2.32. The highest BCUT2D eigenvalue weighted by Gasteiger charge is 2.79. The molecule has 176 valence electrons. The van der Waals surface area contributed by atoms with E-state index in [-0.39, 0.29) is 34.2 Å². The number of carbonyl (C=O) groups excluding carboxylic acids is 1. The van der Waals surface area contributed by atoms with Crippen molar-refractivity contribution < 1.29 is 27.1 Å². The van der Waals surface area contributed by atoms with E-state index in [1.54, 1.807) is 11.0 Å². The van der Waals surface area contributed by atoms with Gasteiger partial charge in [0, 0.05) is 36.6 Å². The van der Waals surface area contributed by atoms with Crippen LogP contribution < -0.4 is 4.74 Å². The Bertz CT molecular complexity index is 1320. The number of halogens is 4. The molecule has 2 aliphatic carbocycles. The number of hydrogen-bond acceptors (Lipinski definition) is 5. The molecule has 2 aromatic heterocycles. The first-order valence-electron chi connectivity index (χ1n) is 11.0. The summed E-state index contributed by atoms with van der Waals surface area (Å²) >= 11 is 0. The summed E-state index contributed by atoms with van der Waals surface area (Å²) in [7, 11) is 6.56. The van der Waals surface area contributed by atoms with Crippen LogP contribution in [0.15, 0.2) is 55.0 Å². The number of nitrogens with zero attached hydrogens (tertiary/aromatic N) is 4. The van der Waals surface area contributed by atoms with Crippen LogP contribution in [0.3, 0.4) is 0 Å². The standard InChI is InChI=1S/C24H17BF4N4O2/c25-23(35-17-6-5-13(10-32-17)24(27,28)29)12-22-9-14(22)11-33(21(22)23)20(34)15-3-1-4-16(26)18(15)19-30-7-2-8-31-19/h1-8,10,14,21H,9,11-12H2. The summed E-state index contributed by atoms with van der Waals surface area (Å²) in [6.45, 7) is 0.428. The van der Waals surface area contributed by atoms with Crippen LogP contribution >= 0.6 is 0 Å². The number of carbonyl (C=O) groups is 1. The van der Waals surface area contributed by atoms with Crippen LogP contribution in [-0.4, -0.2) is 51.7 Å². The maximum absolute atomic E-state index is 14.8. The van der Waals surface area contributed by atoms with Gasteiger partial charge in [0.05, 0.1) is 28.2 Å². The smallest absolute Gasteiger partial charge is 0.417 e. The Morgan fingerprint density at radius 3 is 2.57 bits per heavy atom. The van der Waals surface area contributed by atoms with E-state index in [1.165, 1.54) is 30.6 Å². The molecule has 1 saturated heterocycles. The molecular weight excluding hydrogens is 463 g/mol. The minimum atomic E-state index is -4.52. The van der Waals surface area contributed by atoms with Gasteiger partial charge < -0.3 is 9.64 Å². The monoisotopic (exact) mass is 480 g/mol. The number of rotatable bonds is 4. The number of hydrogen-bond donors (Lipinski definition) is 0. The van der Waals surface area contributed by atoms with Crippen LogP contribution in [-0.2, 0) is 6.18 Å². The van der Waals surface area contributed by atoms with Gasteiger partial charge in [-0.2, -0.15) is 13.2 Å². The number of likely N-dealkylation sites (tertiary alicyclic amines) is 1. The van der Waals surface area contributed by atoms with Crippen molar-refractivity contribution in [3.05, 3.63) is 71.9 Å². The third-order valence-corrected chi connectivity index (χ3v) is 7.27. The summed E-state index contributed by atoms with van der Waals surface area (Å²) in [5.74, 6) is -0.787. The van der Waals surface area contributed by atoms with Gasteiger partial charge in [0.25, 0.3) is 5.91 Å². The minimum Gasteiger partial charge on any atom is -0.479 e. The van der Waals surface area contributed by atoms with Crippen molar-refractivity contribution >= 4 is 13.8 Å². The second-order valence-electron chi connectivity index (χ2n) is 9.35. The lowest BCUT2D eigenvalue weighted by atomic mass is 9.53. The average molecular weight is 480 g/mol. The molecule has 0 bridgehead atoms. The summed E-state index contributed by atoms with van der Waals surface area (Å²) < 4.78 is 59.3. The predicted molar refractivity (Wildman–Crippen MR) is 116 cm³/mol. The maximum Gasteiger partial charge on any atom is 0.417 e. The van der Waals surface area contributed by atoms with Crippen LogP contribution in [0.4, 0.5) is 17.6 Å². The molecule has 11 heteroatoms. The van der Waals surface area contributed by atoms with E-state index in [4.69, 9.17) is 12.6 Å². The third kappa shape index (κ3) is 3.31. The van der Waals surface area contributed by atoms with Crippen molar-refractivity contribution in [2.45, 2.75) is 30.6 Å². The molecule has 4 unspecified atom stereocenters. The van der Waals surface area contributed by atoms with Crippen molar-refractivity contribution in [2.24, 2.45) is 11.3 Å². The van der Waals surface area contributed by atoms with Crippen LogP contribution in [0.25, 0.3) is 11.4 Å². The van der Waals surface area contributed by atoms with Gasteiger partial charge in [-0.1, -0.05) is 6.07 Å². The highest BCUT2D eigenvalue weighted by molar-refractivity contribution is 6.17. The molecule has 0 N–H and O–H groups in total. The number of ether oxygens (including phenoxy) is 1. The van der Waals surface area contributed by atoms with Gasteiger partial charge in [0.15, 0.2) is 5.82 Å². The van der Waals surface area contributed by atoms with Crippen molar-refractivity contribution in [1.82, 2.24) is 19.9 Å². The zero-order valence-electron chi connectivity index (χ0n) is 18.2. The molecule has 3 aromatic rings. The molecule has 2 saturated carbocycles. The predicted octanol–water partition coefficient (Wildman–Crippen LogP) is 3.87. The molecule has 1 aromatic carbocycles. The van der Waals surface area contributed by atoms with Gasteiger partial charge in [0.1, 0.15) is 13.7 Å². The van der Waals surface area contributed by atoms with E-state index >= 15 is 0 Å². The molecule has 1 spiro atoms. The van der Waals surface area contributed by atoms with Gasteiger partial charge in [-0.25, -0.2) is 19.3 Å². The van der Waals surface area contributed by atoms with Crippen LogP contribution in [0, 0.1) is 17.2 Å². The second-order valence-corrected chi connectivity index (χ2v) is 9.35. The first kappa shape index (κ1) is 22.0. The summed E-state index contributed by atoms with van der Waals surface area (Å²) in [4.78, 5) is 27.2. The molecule has 1 amide bonds. The van der Waals surface area contributed by atoms with Gasteiger partial charge in [-0.3, -0.25) is 4.79 Å². The molecule has 6 nitrogen and oxygen atoms in total. The maximum atomic E-state index is 14.8. The molecule has 1 aliphatic heterocycles. The Balaban J connectivity index is 1.30. The molecule has 3 aliphatic rings. The van der Waals surface area contributed by atoms with E-state index in [1.807, 2.05) is 0 Å². The molecule has 6 rings (SSSR count). The Morgan fingerprint density at radius 2 is 1.89 bits per heavy atom. The number of alkyl halides is 3. The van der Waals surface area contributed by atoms with Crippen LogP contribution in [0.5, 0.6) is 5.88 Å². The Morgan fingerprint density at radius 1 is 1.11 bits per heavy atom. The van der Waals surface area contributed by atoms with Crippen molar-refractivity contribution in [3.63, 3.8) is 0 Å². The summed E-state index contributed by atoms with van der Waals surface area (Å²) in [6, 6.07) is 7.25. The first-order valence-corrected chi connectivity index (χ1v) is 11.0. The van der Waals surface area contributed by atoms with E-state index < -0.39 is 35.0 Å². The van der Waals surface area contributed by atoms with Gasteiger partial charge in [-0.05, 0) is 43.0 Å². The molecule has 4 atom stereocenters. The zero-order chi connectivity index (χ0) is 24.6. The minimum absolute atomic E-state index is 0.00000661. The molecule has 2 radical (unpaired) electrons. The average Bonchev–Trinajstić information content (AvgIpc) is 3.44. The molecule has 3 heterocycles. The lowest BCUT2D eigenvalue weighted by Crippen LogP contribution is -2.69. The van der Waals surface area contributed by atoms with Crippen molar-refractivity contribution in [2.75, 3.05) is 6.54 Å². The lowest BCUT2D eigenvalue weighted by molar-refractivity contribution is -0.137. The van der Waals surface area contributed by atoms with E-state index in [0.29, 0.717) is 19.2 Å². The zero-order valence-corrected chi connectivity index (χ0v) is 18.2. The fourth-order valence-electron chi connectivity index (χ4n) is 5.79. The molecular formula is C24H17BF4N4O2. The number of aromatic nitrogens is 3. The van der Waals surface area contributed by atoms with Gasteiger partial charge in [0.2, 0.25) is 5.88 Å². The van der Waals surface area contributed by atoms with E-state index in [2.05, 4.69) is 15.0 Å². The highest BCUT2D eigenvalue weighted by atomic mass is 19.4. The fraction of sp³-hybridized carbons (Fsp3) is 0.333. The second kappa shape index (κ2) is 7.25. The third-order valence-electron chi connectivity index (χ3n) is 7.27. The molecule has 35 heavy (non-hydrogen) atoms. The number of amides is 1. The largest absolute Gasteiger partial charge is 0.479 e. The fourth-order valence-corrected chi connectivity index (χ4v) is 5.79. The van der Waals surface area contributed by atoms with Gasteiger partial charge >= 0.3 is 6.18 Å². The Kier molecular flexibility index (Phi) is 4.56. The Labute approximate surface area is 198 Å². The number of benzene rings is 1. The number of pyridine rings is 1. The molecule has 3 fully saturated rings.